The molecule has 0 bridgehead atoms. The van der Waals surface area contributed by atoms with Crippen molar-refractivity contribution in [3.8, 4) is 10.4 Å². The lowest BCUT2D eigenvalue weighted by Gasteiger charge is -2.31. The summed E-state index contributed by atoms with van der Waals surface area (Å²) in [6, 6.07) is 12.6. The van der Waals surface area contributed by atoms with E-state index in [-0.39, 0.29) is 0 Å². The number of rotatable bonds is 4. The van der Waals surface area contributed by atoms with E-state index >= 15 is 0 Å². The molecule has 0 aromatic carbocycles. The SMILES string of the molecule is c1csc(-c2ccc3nc([C@@H]4CCCN(Cc5ccncc5)C4)nn3c2)c1. The minimum absolute atomic E-state index is 0.394. The summed E-state index contributed by atoms with van der Waals surface area (Å²) in [5.74, 6) is 1.36. The van der Waals surface area contributed by atoms with E-state index in [0.717, 1.165) is 37.5 Å². The summed E-state index contributed by atoms with van der Waals surface area (Å²) < 4.78 is 1.94. The van der Waals surface area contributed by atoms with Gasteiger partial charge in [0.2, 0.25) is 0 Å². The average Bonchev–Trinajstić information content (AvgIpc) is 3.38. The van der Waals surface area contributed by atoms with Crippen molar-refractivity contribution in [1.82, 2.24) is 24.5 Å². The van der Waals surface area contributed by atoms with E-state index in [1.165, 1.54) is 22.4 Å². The van der Waals surface area contributed by atoms with Gasteiger partial charge in [-0.25, -0.2) is 9.50 Å². The Labute approximate surface area is 162 Å². The molecule has 27 heavy (non-hydrogen) atoms. The Morgan fingerprint density at radius 3 is 2.89 bits per heavy atom. The Kier molecular flexibility index (Phi) is 4.43. The molecule has 1 aliphatic heterocycles. The number of hydrogen-bond acceptors (Lipinski definition) is 5. The first-order chi connectivity index (χ1) is 13.3. The first-order valence-corrected chi connectivity index (χ1v) is 10.2. The van der Waals surface area contributed by atoms with Crippen LogP contribution in [-0.2, 0) is 6.54 Å². The van der Waals surface area contributed by atoms with E-state index in [2.05, 4.69) is 57.9 Å². The summed E-state index contributed by atoms with van der Waals surface area (Å²) in [6.07, 6.45) is 8.17. The van der Waals surface area contributed by atoms with Crippen LogP contribution in [0.4, 0.5) is 0 Å². The number of hydrogen-bond donors (Lipinski definition) is 0. The van der Waals surface area contributed by atoms with Crippen molar-refractivity contribution < 1.29 is 0 Å². The van der Waals surface area contributed by atoms with Gasteiger partial charge in [-0.2, -0.15) is 5.10 Å². The van der Waals surface area contributed by atoms with E-state index in [4.69, 9.17) is 10.1 Å². The number of pyridine rings is 2. The van der Waals surface area contributed by atoms with Gasteiger partial charge in [-0.15, -0.1) is 11.3 Å². The smallest absolute Gasteiger partial charge is 0.156 e. The minimum atomic E-state index is 0.394. The zero-order valence-electron chi connectivity index (χ0n) is 15.0. The van der Waals surface area contributed by atoms with Crippen LogP contribution >= 0.6 is 11.3 Å². The molecule has 0 N–H and O–H groups in total. The molecule has 5 nitrogen and oxygen atoms in total. The lowest BCUT2D eigenvalue weighted by Crippen LogP contribution is -2.34. The van der Waals surface area contributed by atoms with Crippen LogP contribution in [0.15, 0.2) is 60.4 Å². The van der Waals surface area contributed by atoms with E-state index in [0.29, 0.717) is 5.92 Å². The van der Waals surface area contributed by atoms with Gasteiger partial charge in [0.15, 0.2) is 11.5 Å². The van der Waals surface area contributed by atoms with E-state index in [1.807, 2.05) is 16.9 Å². The molecule has 0 aliphatic carbocycles. The van der Waals surface area contributed by atoms with Crippen molar-refractivity contribution in [2.24, 2.45) is 0 Å². The molecule has 5 heterocycles. The molecule has 0 saturated carbocycles. The summed E-state index contributed by atoms with van der Waals surface area (Å²) >= 11 is 1.75. The Balaban J connectivity index is 1.36. The average molecular weight is 376 g/mol. The van der Waals surface area contributed by atoms with Crippen LogP contribution in [0.25, 0.3) is 16.1 Å². The third-order valence-corrected chi connectivity index (χ3v) is 6.10. The quantitative estimate of drug-likeness (QED) is 0.535. The molecule has 6 heteroatoms. The highest BCUT2D eigenvalue weighted by Gasteiger charge is 2.24. The van der Waals surface area contributed by atoms with Crippen LogP contribution in [0, 0.1) is 0 Å². The lowest BCUT2D eigenvalue weighted by molar-refractivity contribution is 0.196. The van der Waals surface area contributed by atoms with Crippen LogP contribution in [0.1, 0.15) is 30.1 Å². The number of fused-ring (bicyclic) bond motifs is 1. The lowest BCUT2D eigenvalue weighted by atomic mass is 9.97. The maximum absolute atomic E-state index is 4.82. The van der Waals surface area contributed by atoms with Crippen LogP contribution in [0.2, 0.25) is 0 Å². The predicted octanol–water partition coefficient (Wildman–Crippen LogP) is 4.23. The monoisotopic (exact) mass is 375 g/mol. The zero-order chi connectivity index (χ0) is 18.1. The molecular weight excluding hydrogens is 354 g/mol. The van der Waals surface area contributed by atoms with E-state index < -0.39 is 0 Å². The molecular formula is C21H21N5S. The maximum atomic E-state index is 4.82. The van der Waals surface area contributed by atoms with E-state index in [1.54, 1.807) is 11.3 Å². The van der Waals surface area contributed by atoms with Crippen LogP contribution < -0.4 is 0 Å². The fraction of sp³-hybridized carbons (Fsp3) is 0.286. The van der Waals surface area contributed by atoms with Gasteiger partial charge in [-0.05, 0) is 60.7 Å². The zero-order valence-corrected chi connectivity index (χ0v) is 15.8. The van der Waals surface area contributed by atoms with Gasteiger partial charge in [-0.3, -0.25) is 9.88 Å². The third kappa shape index (κ3) is 3.50. The van der Waals surface area contributed by atoms with Gasteiger partial charge in [0.25, 0.3) is 0 Å². The van der Waals surface area contributed by atoms with Crippen molar-refractivity contribution in [2.45, 2.75) is 25.3 Å². The van der Waals surface area contributed by atoms with Gasteiger partial charge in [0.05, 0.1) is 0 Å². The molecule has 136 valence electrons. The topological polar surface area (TPSA) is 46.3 Å². The Morgan fingerprint density at radius 2 is 2.04 bits per heavy atom. The van der Waals surface area contributed by atoms with Gasteiger partial charge in [0.1, 0.15) is 0 Å². The van der Waals surface area contributed by atoms with Crippen molar-refractivity contribution in [2.75, 3.05) is 13.1 Å². The third-order valence-electron chi connectivity index (χ3n) is 5.18. The first-order valence-electron chi connectivity index (χ1n) is 9.36. The highest BCUT2D eigenvalue weighted by molar-refractivity contribution is 7.13. The van der Waals surface area contributed by atoms with Gasteiger partial charge in [-0.1, -0.05) is 6.07 Å². The second-order valence-corrected chi connectivity index (χ2v) is 8.05. The first kappa shape index (κ1) is 16.6. The molecule has 4 aromatic rings. The summed E-state index contributed by atoms with van der Waals surface area (Å²) in [5, 5.41) is 6.92. The van der Waals surface area contributed by atoms with Crippen molar-refractivity contribution in [3.63, 3.8) is 0 Å². The van der Waals surface area contributed by atoms with Crippen LogP contribution in [-0.4, -0.2) is 37.6 Å². The molecule has 0 spiro atoms. The van der Waals surface area contributed by atoms with E-state index in [9.17, 15) is 0 Å². The van der Waals surface area contributed by atoms with Crippen LogP contribution in [0.5, 0.6) is 0 Å². The minimum Gasteiger partial charge on any atom is -0.298 e. The van der Waals surface area contributed by atoms with Crippen molar-refractivity contribution in [3.05, 3.63) is 71.8 Å². The Bertz CT molecular complexity index is 1030. The van der Waals surface area contributed by atoms with Crippen molar-refractivity contribution in [1.29, 1.82) is 0 Å². The summed E-state index contributed by atoms with van der Waals surface area (Å²) in [7, 11) is 0. The summed E-state index contributed by atoms with van der Waals surface area (Å²) in [4.78, 5) is 12.7. The molecule has 1 saturated heterocycles. The fourth-order valence-electron chi connectivity index (χ4n) is 3.82. The molecule has 1 atom stereocenters. The normalized spacial score (nSPS) is 18.1. The van der Waals surface area contributed by atoms with Gasteiger partial charge < -0.3 is 0 Å². The maximum Gasteiger partial charge on any atom is 0.156 e. The second kappa shape index (κ2) is 7.21. The Morgan fingerprint density at radius 1 is 1.11 bits per heavy atom. The number of thiophene rings is 1. The molecule has 5 rings (SSSR count). The number of likely N-dealkylation sites (tertiary alicyclic amines) is 1. The number of nitrogens with zero attached hydrogens (tertiary/aromatic N) is 5. The molecule has 0 amide bonds. The molecule has 0 radical (unpaired) electrons. The predicted molar refractivity (Wildman–Crippen MR) is 108 cm³/mol. The molecule has 1 aliphatic rings. The second-order valence-electron chi connectivity index (χ2n) is 7.10. The Hall–Kier alpha value is -2.57. The highest BCUT2D eigenvalue weighted by atomic mass is 32.1. The molecule has 0 unspecified atom stereocenters. The fourth-order valence-corrected chi connectivity index (χ4v) is 4.54. The molecule has 1 fully saturated rings. The number of piperidine rings is 1. The van der Waals surface area contributed by atoms with Crippen molar-refractivity contribution >= 4 is 17.0 Å². The molecule has 4 aromatic heterocycles. The summed E-state index contributed by atoms with van der Waals surface area (Å²) in [6.45, 7) is 3.11. The van der Waals surface area contributed by atoms with Crippen LogP contribution in [0.3, 0.4) is 0 Å². The highest BCUT2D eigenvalue weighted by Crippen LogP contribution is 2.28. The van der Waals surface area contributed by atoms with Gasteiger partial charge >= 0.3 is 0 Å². The standard InChI is InChI=1S/C21H21N5S/c1-3-18(14-25(11-1)13-16-7-9-22-10-8-16)21-23-20-6-5-17(15-26(20)24-21)19-4-2-12-27-19/h2,4-10,12,15,18H,1,3,11,13-14H2/t18-/m1/s1. The van der Waals surface area contributed by atoms with Gasteiger partial charge in [0, 0.05) is 48.0 Å². The summed E-state index contributed by atoms with van der Waals surface area (Å²) in [5.41, 5.74) is 3.43. The number of aromatic nitrogens is 4. The largest absolute Gasteiger partial charge is 0.298 e.